The van der Waals surface area contributed by atoms with Crippen molar-refractivity contribution < 1.29 is 14.3 Å². The van der Waals surface area contributed by atoms with Crippen LogP contribution < -0.4 is 4.90 Å². The molecular weight excluding hydrogens is 324 g/mol. The Labute approximate surface area is 145 Å². The molecule has 1 fully saturated rings. The molecule has 0 bridgehead atoms. The zero-order valence-corrected chi connectivity index (χ0v) is 14.6. The lowest BCUT2D eigenvalue weighted by molar-refractivity contribution is -0.119. The van der Waals surface area contributed by atoms with E-state index in [9.17, 15) is 9.59 Å². The zero-order chi connectivity index (χ0) is 17.1. The van der Waals surface area contributed by atoms with E-state index in [2.05, 4.69) is 4.98 Å². The summed E-state index contributed by atoms with van der Waals surface area (Å²) in [4.78, 5) is 31.4. The summed E-state index contributed by atoms with van der Waals surface area (Å²) in [6.07, 6.45) is 1.86. The van der Waals surface area contributed by atoms with E-state index in [1.165, 1.54) is 11.3 Å². The number of esters is 1. The summed E-state index contributed by atoms with van der Waals surface area (Å²) >= 11 is 1.23. The summed E-state index contributed by atoms with van der Waals surface area (Å²) in [5.74, 6) is -0.204. The molecule has 0 saturated heterocycles. The van der Waals surface area contributed by atoms with Crippen molar-refractivity contribution in [3.8, 4) is 0 Å². The maximum atomic E-state index is 12.7. The highest BCUT2D eigenvalue weighted by molar-refractivity contribution is 7.17. The van der Waals surface area contributed by atoms with Crippen LogP contribution in [0.2, 0.25) is 0 Å². The van der Waals surface area contributed by atoms with E-state index in [1.807, 2.05) is 30.3 Å². The van der Waals surface area contributed by atoms with Crippen LogP contribution >= 0.6 is 11.3 Å². The van der Waals surface area contributed by atoms with Crippen LogP contribution in [-0.2, 0) is 16.1 Å². The number of hydrogen-bond acceptors (Lipinski definition) is 5. The molecule has 6 heteroatoms. The number of anilines is 1. The quantitative estimate of drug-likeness (QED) is 0.752. The van der Waals surface area contributed by atoms with Crippen LogP contribution in [0, 0.1) is 12.8 Å². The van der Waals surface area contributed by atoms with Gasteiger partial charge in [0.05, 0.1) is 18.8 Å². The number of rotatable bonds is 6. The Kier molecular flexibility index (Phi) is 4.94. The summed E-state index contributed by atoms with van der Waals surface area (Å²) in [6, 6.07) is 9.82. The van der Waals surface area contributed by atoms with Gasteiger partial charge in [0.25, 0.3) is 0 Å². The summed E-state index contributed by atoms with van der Waals surface area (Å²) in [5.41, 5.74) is 1.65. The molecule has 0 atom stereocenters. The van der Waals surface area contributed by atoms with Crippen molar-refractivity contribution in [2.75, 3.05) is 11.5 Å². The maximum absolute atomic E-state index is 12.7. The molecule has 1 aliphatic carbocycles. The molecule has 5 nitrogen and oxygen atoms in total. The normalized spacial score (nSPS) is 13.6. The number of aryl methyl sites for hydroxylation is 1. The molecule has 1 heterocycles. The number of benzene rings is 1. The summed E-state index contributed by atoms with van der Waals surface area (Å²) in [7, 11) is 0. The molecule has 0 unspecified atom stereocenters. The van der Waals surface area contributed by atoms with Crippen LogP contribution in [-0.4, -0.2) is 23.5 Å². The minimum absolute atomic E-state index is 0.0861. The Morgan fingerprint density at radius 1 is 1.29 bits per heavy atom. The Hall–Kier alpha value is -2.21. The topological polar surface area (TPSA) is 59.5 Å². The molecule has 3 rings (SSSR count). The van der Waals surface area contributed by atoms with Crippen molar-refractivity contribution in [3.63, 3.8) is 0 Å². The lowest BCUT2D eigenvalue weighted by Gasteiger charge is -2.20. The van der Waals surface area contributed by atoms with E-state index >= 15 is 0 Å². The Morgan fingerprint density at radius 3 is 2.62 bits per heavy atom. The largest absolute Gasteiger partial charge is 0.462 e. The molecule has 126 valence electrons. The number of thiazole rings is 1. The van der Waals surface area contributed by atoms with E-state index < -0.39 is 0 Å². The number of nitrogens with zero attached hydrogens (tertiary/aromatic N) is 2. The molecule has 1 amide bonds. The van der Waals surface area contributed by atoms with Gasteiger partial charge in [0.2, 0.25) is 5.91 Å². The summed E-state index contributed by atoms with van der Waals surface area (Å²) in [5, 5.41) is 0.566. The lowest BCUT2D eigenvalue weighted by atomic mass is 10.2. The Bertz CT molecular complexity index is 738. The highest BCUT2D eigenvalue weighted by Crippen LogP contribution is 2.35. The predicted octanol–water partition coefficient (Wildman–Crippen LogP) is 3.57. The van der Waals surface area contributed by atoms with Gasteiger partial charge in [-0.2, -0.15) is 0 Å². The number of carbonyl (C=O) groups excluding carboxylic acids is 2. The average molecular weight is 344 g/mol. The lowest BCUT2D eigenvalue weighted by Crippen LogP contribution is -2.31. The second-order valence-corrected chi connectivity index (χ2v) is 6.79. The molecule has 2 aromatic rings. The fraction of sp³-hybridized carbons (Fsp3) is 0.389. The maximum Gasteiger partial charge on any atom is 0.350 e. The van der Waals surface area contributed by atoms with E-state index in [4.69, 9.17) is 4.74 Å². The first-order valence-corrected chi connectivity index (χ1v) is 8.91. The first-order valence-electron chi connectivity index (χ1n) is 8.10. The Balaban J connectivity index is 1.89. The molecule has 0 radical (unpaired) electrons. The van der Waals surface area contributed by atoms with Crippen LogP contribution in [0.15, 0.2) is 30.3 Å². The van der Waals surface area contributed by atoms with Crippen molar-refractivity contribution >= 4 is 28.3 Å². The van der Waals surface area contributed by atoms with Crippen LogP contribution in [0.4, 0.5) is 5.13 Å². The third-order valence-electron chi connectivity index (χ3n) is 3.85. The molecule has 1 aromatic heterocycles. The van der Waals surface area contributed by atoms with Crippen LogP contribution in [0.1, 0.15) is 40.7 Å². The first kappa shape index (κ1) is 16.6. The van der Waals surface area contributed by atoms with Crippen molar-refractivity contribution in [1.29, 1.82) is 0 Å². The molecule has 0 aliphatic heterocycles. The van der Waals surface area contributed by atoms with Gasteiger partial charge in [-0.3, -0.25) is 9.69 Å². The smallest absolute Gasteiger partial charge is 0.350 e. The van der Waals surface area contributed by atoms with Crippen LogP contribution in [0.3, 0.4) is 0 Å². The standard InChI is InChI=1S/C18H20N2O3S/c1-3-23-17(22)15-12(2)19-18(24-15)20(16(21)14-9-10-14)11-13-7-5-4-6-8-13/h4-8,14H,3,9-11H2,1-2H3. The summed E-state index contributed by atoms with van der Waals surface area (Å²) < 4.78 is 5.07. The van der Waals surface area contributed by atoms with E-state index in [0.717, 1.165) is 18.4 Å². The molecular formula is C18H20N2O3S. The third-order valence-corrected chi connectivity index (χ3v) is 5.01. The second kappa shape index (κ2) is 7.13. The number of ether oxygens (including phenoxy) is 1. The van der Waals surface area contributed by atoms with E-state index in [-0.39, 0.29) is 17.8 Å². The molecule has 1 saturated carbocycles. The predicted molar refractivity (Wildman–Crippen MR) is 93.2 cm³/mol. The SMILES string of the molecule is CCOC(=O)c1sc(N(Cc2ccccc2)C(=O)C2CC2)nc1C. The average Bonchev–Trinajstić information content (AvgIpc) is 3.36. The molecule has 24 heavy (non-hydrogen) atoms. The third kappa shape index (κ3) is 3.64. The van der Waals surface area contributed by atoms with Crippen molar-refractivity contribution in [3.05, 3.63) is 46.5 Å². The van der Waals surface area contributed by atoms with Gasteiger partial charge in [-0.25, -0.2) is 9.78 Å². The van der Waals surface area contributed by atoms with Gasteiger partial charge in [-0.05, 0) is 32.3 Å². The van der Waals surface area contributed by atoms with Gasteiger partial charge in [0, 0.05) is 5.92 Å². The fourth-order valence-electron chi connectivity index (χ4n) is 2.44. The van der Waals surface area contributed by atoms with Gasteiger partial charge in [0.15, 0.2) is 5.13 Å². The number of amides is 1. The number of hydrogen-bond donors (Lipinski definition) is 0. The zero-order valence-electron chi connectivity index (χ0n) is 13.8. The first-order chi connectivity index (χ1) is 11.6. The van der Waals surface area contributed by atoms with E-state index in [0.29, 0.717) is 28.9 Å². The fourth-order valence-corrected chi connectivity index (χ4v) is 3.41. The van der Waals surface area contributed by atoms with E-state index in [1.54, 1.807) is 18.7 Å². The molecule has 0 N–H and O–H groups in total. The van der Waals surface area contributed by atoms with Crippen LogP contribution in [0.25, 0.3) is 0 Å². The Morgan fingerprint density at radius 2 is 2.00 bits per heavy atom. The van der Waals surface area contributed by atoms with Crippen molar-refractivity contribution in [2.24, 2.45) is 5.92 Å². The van der Waals surface area contributed by atoms with Gasteiger partial charge in [-0.1, -0.05) is 41.7 Å². The number of carbonyl (C=O) groups is 2. The number of aromatic nitrogens is 1. The highest BCUT2D eigenvalue weighted by Gasteiger charge is 2.35. The van der Waals surface area contributed by atoms with Gasteiger partial charge < -0.3 is 4.74 Å². The minimum atomic E-state index is -0.378. The van der Waals surface area contributed by atoms with Gasteiger partial charge in [-0.15, -0.1) is 0 Å². The molecule has 1 aromatic carbocycles. The minimum Gasteiger partial charge on any atom is -0.462 e. The summed E-state index contributed by atoms with van der Waals surface area (Å²) in [6.45, 7) is 4.33. The van der Waals surface area contributed by atoms with Crippen molar-refractivity contribution in [1.82, 2.24) is 4.98 Å². The van der Waals surface area contributed by atoms with Crippen LogP contribution in [0.5, 0.6) is 0 Å². The highest BCUT2D eigenvalue weighted by atomic mass is 32.1. The molecule has 0 spiro atoms. The van der Waals surface area contributed by atoms with Gasteiger partial charge >= 0.3 is 5.97 Å². The monoisotopic (exact) mass is 344 g/mol. The van der Waals surface area contributed by atoms with Gasteiger partial charge in [0.1, 0.15) is 4.88 Å². The second-order valence-electron chi connectivity index (χ2n) is 5.82. The van der Waals surface area contributed by atoms with Crippen molar-refractivity contribution in [2.45, 2.75) is 33.2 Å². The molecule has 1 aliphatic rings.